The number of thiophene rings is 1. The molecule has 0 radical (unpaired) electrons. The molecule has 1 aromatic carbocycles. The quantitative estimate of drug-likeness (QED) is 0.720. The van der Waals surface area contributed by atoms with Crippen molar-refractivity contribution in [1.82, 2.24) is 10.2 Å². The van der Waals surface area contributed by atoms with Crippen LogP contribution in [0.3, 0.4) is 0 Å². The van der Waals surface area contributed by atoms with E-state index in [2.05, 4.69) is 56.5 Å². The van der Waals surface area contributed by atoms with Gasteiger partial charge in [-0.25, -0.2) is 0 Å². The summed E-state index contributed by atoms with van der Waals surface area (Å²) in [6.45, 7) is 5.81. The van der Waals surface area contributed by atoms with Crippen LogP contribution in [0.2, 0.25) is 0 Å². The molecule has 4 rings (SSSR count). The monoisotopic (exact) mass is 393 g/mol. The van der Waals surface area contributed by atoms with Crippen LogP contribution in [0, 0.1) is 6.92 Å². The molecule has 1 fully saturated rings. The lowest BCUT2D eigenvalue weighted by molar-refractivity contribution is -0.115. The van der Waals surface area contributed by atoms with Gasteiger partial charge < -0.3 is 15.1 Å². The zero-order chi connectivity index (χ0) is 19.3. The van der Waals surface area contributed by atoms with Crippen LogP contribution in [0.25, 0.3) is 0 Å². The van der Waals surface area contributed by atoms with Gasteiger partial charge in [-0.2, -0.15) is 0 Å². The van der Waals surface area contributed by atoms with E-state index < -0.39 is 0 Å². The SMILES string of the molecule is Cc1cccc(N2CCN(c3ccc(NC(=O)Cc4cccs4)nn3)CC2)c1. The van der Waals surface area contributed by atoms with Gasteiger partial charge in [0.15, 0.2) is 11.6 Å². The van der Waals surface area contributed by atoms with E-state index in [1.807, 2.05) is 29.6 Å². The van der Waals surface area contributed by atoms with Gasteiger partial charge in [-0.05, 0) is 48.2 Å². The van der Waals surface area contributed by atoms with Gasteiger partial charge in [-0.3, -0.25) is 4.79 Å². The number of anilines is 3. The Morgan fingerprint density at radius 1 is 1.04 bits per heavy atom. The molecule has 3 aromatic rings. The molecular formula is C21H23N5OS. The van der Waals surface area contributed by atoms with Crippen molar-refractivity contribution in [1.29, 1.82) is 0 Å². The summed E-state index contributed by atoms with van der Waals surface area (Å²) in [5.41, 5.74) is 2.55. The van der Waals surface area contributed by atoms with Crippen LogP contribution in [0.5, 0.6) is 0 Å². The highest BCUT2D eigenvalue weighted by molar-refractivity contribution is 7.10. The van der Waals surface area contributed by atoms with Gasteiger partial charge in [0.25, 0.3) is 0 Å². The summed E-state index contributed by atoms with van der Waals surface area (Å²) in [6, 6.07) is 16.3. The highest BCUT2D eigenvalue weighted by Gasteiger charge is 2.19. The van der Waals surface area contributed by atoms with Gasteiger partial charge in [0.05, 0.1) is 6.42 Å². The Bertz CT molecular complexity index is 918. The fraction of sp³-hybridized carbons (Fsp3) is 0.286. The van der Waals surface area contributed by atoms with Crippen molar-refractivity contribution in [2.45, 2.75) is 13.3 Å². The first-order valence-electron chi connectivity index (χ1n) is 9.40. The number of nitrogens with one attached hydrogen (secondary N) is 1. The molecule has 0 atom stereocenters. The Hall–Kier alpha value is -2.93. The van der Waals surface area contributed by atoms with E-state index in [9.17, 15) is 4.79 Å². The molecule has 0 bridgehead atoms. The number of benzene rings is 1. The first kappa shape index (κ1) is 18.4. The molecule has 2 aromatic heterocycles. The Morgan fingerprint density at radius 2 is 1.86 bits per heavy atom. The molecule has 1 aliphatic heterocycles. The maximum atomic E-state index is 12.1. The number of hydrogen-bond acceptors (Lipinski definition) is 6. The lowest BCUT2D eigenvalue weighted by Gasteiger charge is -2.36. The fourth-order valence-corrected chi connectivity index (χ4v) is 4.04. The predicted octanol–water partition coefficient (Wildman–Crippen LogP) is 3.35. The maximum absolute atomic E-state index is 12.1. The Kier molecular flexibility index (Phi) is 5.53. The summed E-state index contributed by atoms with van der Waals surface area (Å²) in [5.74, 6) is 1.26. The average molecular weight is 394 g/mol. The van der Waals surface area contributed by atoms with Crippen molar-refractivity contribution < 1.29 is 4.79 Å². The number of aryl methyl sites for hydroxylation is 1. The van der Waals surface area contributed by atoms with E-state index in [4.69, 9.17) is 0 Å². The number of rotatable bonds is 5. The third-order valence-corrected chi connectivity index (χ3v) is 5.68. The highest BCUT2D eigenvalue weighted by Crippen LogP contribution is 2.20. The average Bonchev–Trinajstić information content (AvgIpc) is 3.21. The molecule has 7 heteroatoms. The highest BCUT2D eigenvalue weighted by atomic mass is 32.1. The molecular weight excluding hydrogens is 370 g/mol. The standard InChI is InChI=1S/C21H23N5OS/c1-16-4-2-5-17(14-16)25-9-11-26(12-10-25)20-8-7-19(23-24-20)22-21(27)15-18-6-3-13-28-18/h2-8,13-14H,9-12,15H2,1H3,(H,22,23,27). The van der Waals surface area contributed by atoms with Gasteiger partial charge in [0, 0.05) is 36.7 Å². The van der Waals surface area contributed by atoms with Gasteiger partial charge >= 0.3 is 0 Å². The second kappa shape index (κ2) is 8.39. The summed E-state index contributed by atoms with van der Waals surface area (Å²) in [7, 11) is 0. The molecule has 0 spiro atoms. The minimum Gasteiger partial charge on any atom is -0.368 e. The number of hydrogen-bond donors (Lipinski definition) is 1. The molecule has 0 saturated carbocycles. The van der Waals surface area contributed by atoms with Crippen LogP contribution < -0.4 is 15.1 Å². The number of carbonyl (C=O) groups excluding carboxylic acids is 1. The molecule has 1 N–H and O–H groups in total. The third kappa shape index (κ3) is 4.48. The van der Waals surface area contributed by atoms with Crippen LogP contribution in [0.15, 0.2) is 53.9 Å². The molecule has 6 nitrogen and oxygen atoms in total. The van der Waals surface area contributed by atoms with Gasteiger partial charge in [0.1, 0.15) is 0 Å². The van der Waals surface area contributed by atoms with Crippen LogP contribution in [-0.2, 0) is 11.2 Å². The molecule has 0 aliphatic carbocycles. The number of nitrogens with zero attached hydrogens (tertiary/aromatic N) is 4. The largest absolute Gasteiger partial charge is 0.368 e. The van der Waals surface area contributed by atoms with Crippen molar-refractivity contribution in [2.24, 2.45) is 0 Å². The summed E-state index contributed by atoms with van der Waals surface area (Å²) < 4.78 is 0. The molecule has 0 unspecified atom stereocenters. The van der Waals surface area contributed by atoms with Crippen molar-refractivity contribution >= 4 is 34.6 Å². The minimum atomic E-state index is -0.0729. The van der Waals surface area contributed by atoms with Crippen molar-refractivity contribution in [3.05, 3.63) is 64.4 Å². The van der Waals surface area contributed by atoms with E-state index in [1.165, 1.54) is 11.3 Å². The number of carbonyl (C=O) groups is 1. The second-order valence-corrected chi connectivity index (χ2v) is 7.93. The van der Waals surface area contributed by atoms with Crippen LogP contribution in [0.1, 0.15) is 10.4 Å². The van der Waals surface area contributed by atoms with Crippen molar-refractivity contribution in [3.63, 3.8) is 0 Å². The number of aromatic nitrogens is 2. The van der Waals surface area contributed by atoms with Crippen molar-refractivity contribution in [2.75, 3.05) is 41.3 Å². The van der Waals surface area contributed by atoms with E-state index in [0.29, 0.717) is 12.2 Å². The summed E-state index contributed by atoms with van der Waals surface area (Å²) in [5, 5.41) is 13.3. The first-order valence-corrected chi connectivity index (χ1v) is 10.3. The van der Waals surface area contributed by atoms with Crippen LogP contribution in [0.4, 0.5) is 17.3 Å². The van der Waals surface area contributed by atoms with E-state index >= 15 is 0 Å². The molecule has 3 heterocycles. The van der Waals surface area contributed by atoms with Crippen LogP contribution in [-0.4, -0.2) is 42.3 Å². The lowest BCUT2D eigenvalue weighted by atomic mass is 10.2. The lowest BCUT2D eigenvalue weighted by Crippen LogP contribution is -2.46. The van der Waals surface area contributed by atoms with E-state index in [1.54, 1.807) is 11.3 Å². The van der Waals surface area contributed by atoms with E-state index in [-0.39, 0.29) is 5.91 Å². The third-order valence-electron chi connectivity index (χ3n) is 4.80. The van der Waals surface area contributed by atoms with Crippen molar-refractivity contribution in [3.8, 4) is 0 Å². The summed E-state index contributed by atoms with van der Waals surface area (Å²) in [6.07, 6.45) is 0.363. The minimum absolute atomic E-state index is 0.0729. The zero-order valence-corrected chi connectivity index (χ0v) is 16.7. The second-order valence-electron chi connectivity index (χ2n) is 6.89. The Balaban J connectivity index is 1.31. The predicted molar refractivity (Wildman–Crippen MR) is 114 cm³/mol. The molecule has 1 aliphatic rings. The molecule has 28 heavy (non-hydrogen) atoms. The molecule has 144 valence electrons. The Labute approximate surface area is 168 Å². The fourth-order valence-electron chi connectivity index (χ4n) is 3.34. The summed E-state index contributed by atoms with van der Waals surface area (Å²) >= 11 is 1.57. The normalized spacial score (nSPS) is 14.2. The summed E-state index contributed by atoms with van der Waals surface area (Å²) in [4.78, 5) is 17.7. The van der Waals surface area contributed by atoms with Gasteiger partial charge in [0.2, 0.25) is 5.91 Å². The van der Waals surface area contributed by atoms with Gasteiger partial charge in [-0.15, -0.1) is 21.5 Å². The van der Waals surface area contributed by atoms with Crippen LogP contribution >= 0.6 is 11.3 Å². The Morgan fingerprint density at radius 3 is 2.54 bits per heavy atom. The smallest absolute Gasteiger partial charge is 0.230 e. The zero-order valence-electron chi connectivity index (χ0n) is 15.8. The molecule has 1 saturated heterocycles. The maximum Gasteiger partial charge on any atom is 0.230 e. The van der Waals surface area contributed by atoms with E-state index in [0.717, 1.165) is 36.9 Å². The number of amides is 1. The number of piperazine rings is 1. The molecule has 1 amide bonds. The first-order chi connectivity index (χ1) is 13.7. The topological polar surface area (TPSA) is 61.4 Å². The van der Waals surface area contributed by atoms with Gasteiger partial charge in [-0.1, -0.05) is 18.2 Å².